The molecule has 1 N–H and O–H groups in total. The molecule has 0 spiro atoms. The maximum atomic E-state index is 11.4. The fourth-order valence-corrected chi connectivity index (χ4v) is 6.17. The lowest BCUT2D eigenvalue weighted by Gasteiger charge is -2.50. The molecule has 1 saturated heterocycles. The van der Waals surface area contributed by atoms with Crippen LogP contribution in [0.25, 0.3) is 0 Å². The van der Waals surface area contributed by atoms with Crippen molar-refractivity contribution in [2.45, 2.75) is 124 Å². The zero-order chi connectivity index (χ0) is 21.8. The molecule has 0 aromatic carbocycles. The van der Waals surface area contributed by atoms with Gasteiger partial charge < -0.3 is 9.84 Å². The van der Waals surface area contributed by atoms with Crippen LogP contribution < -0.4 is 0 Å². The number of aliphatic hydroxyl groups is 1. The van der Waals surface area contributed by atoms with E-state index in [1.807, 2.05) is 0 Å². The Morgan fingerprint density at radius 1 is 1.00 bits per heavy atom. The van der Waals surface area contributed by atoms with E-state index in [1.165, 1.54) is 69.8 Å². The van der Waals surface area contributed by atoms with Gasteiger partial charge in [-0.2, -0.15) is 0 Å². The van der Waals surface area contributed by atoms with Crippen LogP contribution in [0.5, 0.6) is 0 Å². The minimum absolute atomic E-state index is 0.0702. The Bertz CT molecular complexity index is 667. The average molecular weight is 415 g/mol. The van der Waals surface area contributed by atoms with Crippen molar-refractivity contribution in [3.63, 3.8) is 0 Å². The van der Waals surface area contributed by atoms with Crippen molar-refractivity contribution in [3.05, 3.63) is 34.8 Å². The number of hydrogen-bond donors (Lipinski definition) is 1. The normalized spacial score (nSPS) is 27.0. The van der Waals surface area contributed by atoms with Crippen molar-refractivity contribution in [1.29, 1.82) is 0 Å². The lowest BCUT2D eigenvalue weighted by atomic mass is 9.63. The predicted molar refractivity (Wildman–Crippen MR) is 127 cm³/mol. The zero-order valence-corrected chi connectivity index (χ0v) is 20.4. The second-order valence-electron chi connectivity index (χ2n) is 10.9. The summed E-state index contributed by atoms with van der Waals surface area (Å²) in [6, 6.07) is 0. The summed E-state index contributed by atoms with van der Waals surface area (Å²) in [5.41, 5.74) is 2.46. The molecule has 170 valence electrons. The summed E-state index contributed by atoms with van der Waals surface area (Å²) < 4.78 is 6.68. The highest BCUT2D eigenvalue weighted by molar-refractivity contribution is 5.43. The van der Waals surface area contributed by atoms with Gasteiger partial charge in [-0.3, -0.25) is 0 Å². The zero-order valence-electron chi connectivity index (χ0n) is 20.4. The van der Waals surface area contributed by atoms with Crippen LogP contribution in [0.4, 0.5) is 0 Å². The fourth-order valence-electron chi connectivity index (χ4n) is 6.17. The molecule has 1 heterocycles. The second-order valence-corrected chi connectivity index (χ2v) is 10.9. The van der Waals surface area contributed by atoms with Crippen LogP contribution in [0.2, 0.25) is 0 Å². The van der Waals surface area contributed by atoms with Gasteiger partial charge in [-0.15, -0.1) is 0 Å². The molecule has 0 unspecified atom stereocenters. The molecule has 0 bridgehead atoms. The number of aliphatic hydroxyl groups excluding tert-OH is 1. The van der Waals surface area contributed by atoms with Gasteiger partial charge in [0, 0.05) is 23.8 Å². The number of hydrogen-bond acceptors (Lipinski definition) is 2. The van der Waals surface area contributed by atoms with Crippen molar-refractivity contribution in [3.8, 4) is 0 Å². The smallest absolute Gasteiger partial charge is 0.123 e. The van der Waals surface area contributed by atoms with Crippen LogP contribution in [0, 0.1) is 17.3 Å². The van der Waals surface area contributed by atoms with Crippen molar-refractivity contribution in [2.75, 3.05) is 0 Å². The molecule has 0 amide bonds. The molecular formula is C28H46O2. The van der Waals surface area contributed by atoms with Gasteiger partial charge in [-0.25, -0.2) is 0 Å². The standard InChI is InChI=1S/C28H46O2/c1-6-8-10-12-16-28(17-13-11-9-7-2)19-24(29)26-22-18-21(3)14-15-23(22)27(4,5)30-25(26)20-28/h18,20,22-23,29H,6-17,19H2,1-5H3/t22-,23-/m1/s1. The number of ether oxygens (including phenoxy) is 1. The summed E-state index contributed by atoms with van der Waals surface area (Å²) in [7, 11) is 0. The Morgan fingerprint density at radius 2 is 1.63 bits per heavy atom. The summed E-state index contributed by atoms with van der Waals surface area (Å²) in [5, 5.41) is 11.4. The van der Waals surface area contributed by atoms with E-state index in [1.54, 1.807) is 0 Å². The number of unbranched alkanes of at least 4 members (excludes halogenated alkanes) is 6. The Kier molecular flexibility index (Phi) is 7.80. The first-order valence-electron chi connectivity index (χ1n) is 12.8. The van der Waals surface area contributed by atoms with Gasteiger partial charge in [0.25, 0.3) is 0 Å². The van der Waals surface area contributed by atoms with Gasteiger partial charge in [0.15, 0.2) is 0 Å². The van der Waals surface area contributed by atoms with E-state index in [-0.39, 0.29) is 11.0 Å². The molecule has 30 heavy (non-hydrogen) atoms. The van der Waals surface area contributed by atoms with Crippen molar-refractivity contribution < 1.29 is 9.84 Å². The first kappa shape index (κ1) is 23.5. The van der Waals surface area contributed by atoms with Crippen LogP contribution in [0.1, 0.15) is 118 Å². The van der Waals surface area contributed by atoms with E-state index >= 15 is 0 Å². The van der Waals surface area contributed by atoms with E-state index < -0.39 is 0 Å². The molecule has 1 fully saturated rings. The molecular weight excluding hydrogens is 368 g/mol. The first-order valence-corrected chi connectivity index (χ1v) is 12.8. The summed E-state index contributed by atoms with van der Waals surface area (Å²) in [6.07, 6.45) is 20.6. The molecule has 2 heteroatoms. The Labute approximate surface area is 185 Å². The number of rotatable bonds is 10. The Hall–Kier alpha value is -1.18. The van der Waals surface area contributed by atoms with Crippen LogP contribution in [-0.2, 0) is 4.74 Å². The third-order valence-corrected chi connectivity index (χ3v) is 7.94. The average Bonchev–Trinajstić information content (AvgIpc) is 2.67. The number of fused-ring (bicyclic) bond motifs is 3. The van der Waals surface area contributed by atoms with Crippen molar-refractivity contribution >= 4 is 0 Å². The highest BCUT2D eigenvalue weighted by atomic mass is 16.5. The molecule has 0 aromatic heterocycles. The highest BCUT2D eigenvalue weighted by Crippen LogP contribution is 2.55. The molecule has 3 rings (SSSR count). The van der Waals surface area contributed by atoms with E-state index in [0.29, 0.717) is 17.6 Å². The van der Waals surface area contributed by atoms with Crippen molar-refractivity contribution in [2.24, 2.45) is 17.3 Å². The lowest BCUT2D eigenvalue weighted by molar-refractivity contribution is -0.0583. The monoisotopic (exact) mass is 414 g/mol. The third-order valence-electron chi connectivity index (χ3n) is 7.94. The molecule has 0 radical (unpaired) electrons. The predicted octanol–water partition coefficient (Wildman–Crippen LogP) is 8.79. The quantitative estimate of drug-likeness (QED) is 0.286. The summed E-state index contributed by atoms with van der Waals surface area (Å²) in [4.78, 5) is 0. The van der Waals surface area contributed by atoms with Crippen LogP contribution in [-0.4, -0.2) is 10.7 Å². The molecule has 1 aliphatic heterocycles. The van der Waals surface area contributed by atoms with Gasteiger partial charge in [0.05, 0.1) is 0 Å². The van der Waals surface area contributed by atoms with Gasteiger partial charge in [-0.1, -0.05) is 76.9 Å². The SMILES string of the molecule is CCCCCCC1(CCCCCC)C=C2OC(C)(C)[C@@H]3CCC(C)=C[C@H]3C2=C(O)C1. The molecule has 2 aliphatic carbocycles. The molecule has 2 nitrogen and oxygen atoms in total. The second kappa shape index (κ2) is 9.96. The summed E-state index contributed by atoms with van der Waals surface area (Å²) >= 11 is 0. The van der Waals surface area contributed by atoms with E-state index in [2.05, 4.69) is 46.8 Å². The molecule has 0 saturated carbocycles. The summed E-state index contributed by atoms with van der Waals surface area (Å²) in [6.45, 7) is 11.3. The van der Waals surface area contributed by atoms with Crippen LogP contribution >= 0.6 is 0 Å². The number of allylic oxidation sites excluding steroid dienone is 5. The minimum Gasteiger partial charge on any atom is -0.512 e. The molecule has 3 aliphatic rings. The van der Waals surface area contributed by atoms with Crippen LogP contribution in [0.3, 0.4) is 0 Å². The van der Waals surface area contributed by atoms with Gasteiger partial charge in [0.2, 0.25) is 0 Å². The minimum atomic E-state index is -0.176. The topological polar surface area (TPSA) is 29.5 Å². The Morgan fingerprint density at radius 3 is 2.23 bits per heavy atom. The highest BCUT2D eigenvalue weighted by Gasteiger charge is 2.49. The molecule has 2 atom stereocenters. The lowest BCUT2D eigenvalue weighted by Crippen LogP contribution is -2.46. The van der Waals surface area contributed by atoms with Gasteiger partial charge in [-0.05, 0) is 57.9 Å². The summed E-state index contributed by atoms with van der Waals surface area (Å²) in [5.74, 6) is 2.39. The molecule has 0 aromatic rings. The Balaban J connectivity index is 1.88. The van der Waals surface area contributed by atoms with E-state index in [0.717, 1.165) is 30.6 Å². The van der Waals surface area contributed by atoms with Gasteiger partial charge in [0.1, 0.15) is 17.1 Å². The fraction of sp³-hybridized carbons (Fsp3) is 0.786. The van der Waals surface area contributed by atoms with E-state index in [9.17, 15) is 5.11 Å². The largest absolute Gasteiger partial charge is 0.512 e. The van der Waals surface area contributed by atoms with E-state index in [4.69, 9.17) is 4.74 Å². The van der Waals surface area contributed by atoms with Gasteiger partial charge >= 0.3 is 0 Å². The first-order chi connectivity index (χ1) is 14.3. The third kappa shape index (κ3) is 5.17. The van der Waals surface area contributed by atoms with Crippen LogP contribution in [0.15, 0.2) is 34.8 Å². The van der Waals surface area contributed by atoms with Crippen molar-refractivity contribution in [1.82, 2.24) is 0 Å². The maximum Gasteiger partial charge on any atom is 0.123 e. The maximum absolute atomic E-state index is 11.4.